The first kappa shape index (κ1) is 16.7. The third kappa shape index (κ3) is 3.97. The average Bonchev–Trinajstić information content (AvgIpc) is 2.87. The van der Waals surface area contributed by atoms with Crippen molar-refractivity contribution >= 4 is 40.1 Å². The Kier molecular flexibility index (Phi) is 5.16. The molecule has 10 heteroatoms. The second-order valence-electron chi connectivity index (χ2n) is 4.52. The van der Waals surface area contributed by atoms with Crippen molar-refractivity contribution in [2.45, 2.75) is 11.7 Å². The number of benzene rings is 1. The molecule has 1 fully saturated rings. The summed E-state index contributed by atoms with van der Waals surface area (Å²) in [7, 11) is 2.93. The monoisotopic (exact) mass is 338 g/mol. The maximum absolute atomic E-state index is 12.1. The Hall–Kier alpha value is -2.62. The number of nitrogens with one attached hydrogen (secondary N) is 2. The van der Waals surface area contributed by atoms with E-state index in [4.69, 9.17) is 4.74 Å². The van der Waals surface area contributed by atoms with Crippen LogP contribution < -0.4 is 15.4 Å². The lowest BCUT2D eigenvalue weighted by Crippen LogP contribution is -2.28. The number of carbonyl (C=O) groups is 2. The van der Waals surface area contributed by atoms with Crippen molar-refractivity contribution in [3.63, 3.8) is 0 Å². The van der Waals surface area contributed by atoms with Gasteiger partial charge in [-0.1, -0.05) is 11.8 Å². The van der Waals surface area contributed by atoms with E-state index in [1.165, 1.54) is 25.3 Å². The highest BCUT2D eigenvalue weighted by Gasteiger charge is 2.31. The number of hydrogen-bond donors (Lipinski definition) is 2. The second-order valence-corrected chi connectivity index (χ2v) is 5.71. The summed E-state index contributed by atoms with van der Waals surface area (Å²) in [4.78, 5) is 37.9. The minimum Gasteiger partial charge on any atom is -0.495 e. The van der Waals surface area contributed by atoms with Crippen molar-refractivity contribution in [3.05, 3.63) is 28.3 Å². The first-order valence-electron chi connectivity index (χ1n) is 6.51. The molecule has 1 heterocycles. The molecule has 1 aliphatic heterocycles. The molecule has 1 saturated heterocycles. The van der Waals surface area contributed by atoms with Gasteiger partial charge in [-0.2, -0.15) is 0 Å². The highest BCUT2D eigenvalue weighted by Crippen LogP contribution is 2.30. The van der Waals surface area contributed by atoms with Gasteiger partial charge >= 0.3 is 0 Å². The number of amides is 2. The molecule has 0 radical (unpaired) electrons. The molecule has 2 rings (SSSR count). The van der Waals surface area contributed by atoms with Crippen LogP contribution in [0.25, 0.3) is 0 Å². The summed E-state index contributed by atoms with van der Waals surface area (Å²) in [5.74, 6) is -0.450. The maximum Gasteiger partial charge on any atom is 0.271 e. The molecular weight excluding hydrogens is 324 g/mol. The standard InChI is InChI=1S/C13H14N4O5S/c1-14-13-16-12(19)10(23-13)6-11(18)15-8-5-7(17(20)21)3-4-9(8)22-2/h3-5,10H,6H2,1-2H3,(H,15,18)(H,14,16,19)/t10-/m1/s1. The van der Waals surface area contributed by atoms with Crippen LogP contribution in [0.3, 0.4) is 0 Å². The largest absolute Gasteiger partial charge is 0.495 e. The minimum absolute atomic E-state index is 0.0820. The molecule has 0 aliphatic carbocycles. The van der Waals surface area contributed by atoms with Crippen LogP contribution in [0.4, 0.5) is 11.4 Å². The molecular formula is C13H14N4O5S. The lowest BCUT2D eigenvalue weighted by atomic mass is 10.2. The van der Waals surface area contributed by atoms with Crippen LogP contribution in [-0.4, -0.2) is 41.3 Å². The molecule has 0 spiro atoms. The molecule has 1 aliphatic rings. The van der Waals surface area contributed by atoms with Gasteiger partial charge in [0.25, 0.3) is 5.69 Å². The zero-order valence-electron chi connectivity index (χ0n) is 12.4. The fourth-order valence-corrected chi connectivity index (χ4v) is 2.86. The van der Waals surface area contributed by atoms with E-state index in [1.54, 1.807) is 7.05 Å². The number of hydrogen-bond acceptors (Lipinski definition) is 7. The van der Waals surface area contributed by atoms with E-state index in [9.17, 15) is 19.7 Å². The van der Waals surface area contributed by atoms with Gasteiger partial charge in [0.1, 0.15) is 11.0 Å². The molecule has 23 heavy (non-hydrogen) atoms. The van der Waals surface area contributed by atoms with E-state index in [0.29, 0.717) is 10.9 Å². The number of nitrogens with zero attached hydrogens (tertiary/aromatic N) is 2. The number of rotatable bonds is 5. The lowest BCUT2D eigenvalue weighted by Gasteiger charge is -2.11. The number of nitro groups is 1. The van der Waals surface area contributed by atoms with Crippen molar-refractivity contribution in [1.29, 1.82) is 0 Å². The summed E-state index contributed by atoms with van der Waals surface area (Å²) in [5, 5.41) is 15.8. The van der Waals surface area contributed by atoms with Gasteiger partial charge in [0, 0.05) is 25.6 Å². The smallest absolute Gasteiger partial charge is 0.271 e. The number of methoxy groups -OCH3 is 1. The zero-order valence-corrected chi connectivity index (χ0v) is 13.2. The molecule has 122 valence electrons. The van der Waals surface area contributed by atoms with Gasteiger partial charge in [-0.25, -0.2) is 0 Å². The predicted molar refractivity (Wildman–Crippen MR) is 85.8 cm³/mol. The minimum atomic E-state index is -0.585. The van der Waals surface area contributed by atoms with Gasteiger partial charge in [0.05, 0.1) is 17.7 Å². The number of nitro benzene ring substituents is 1. The molecule has 1 aromatic carbocycles. The van der Waals surface area contributed by atoms with Crippen LogP contribution in [0, 0.1) is 10.1 Å². The van der Waals surface area contributed by atoms with E-state index in [2.05, 4.69) is 15.6 Å². The zero-order chi connectivity index (χ0) is 17.0. The van der Waals surface area contributed by atoms with E-state index in [1.807, 2.05) is 0 Å². The quantitative estimate of drug-likeness (QED) is 0.613. The fraction of sp³-hybridized carbons (Fsp3) is 0.308. The van der Waals surface area contributed by atoms with Crippen LogP contribution in [0.5, 0.6) is 5.75 Å². The predicted octanol–water partition coefficient (Wildman–Crippen LogP) is 1.15. The number of aliphatic imine (C=N–C) groups is 1. The number of thioether (sulfide) groups is 1. The Morgan fingerprint density at radius 2 is 2.30 bits per heavy atom. The van der Waals surface area contributed by atoms with Crippen LogP contribution in [0.2, 0.25) is 0 Å². The number of amidine groups is 1. The lowest BCUT2D eigenvalue weighted by molar-refractivity contribution is -0.384. The number of non-ortho nitro benzene ring substituents is 1. The summed E-state index contributed by atoms with van der Waals surface area (Å²) in [6.07, 6.45) is -0.0820. The Morgan fingerprint density at radius 3 is 2.87 bits per heavy atom. The Labute approximate surface area is 135 Å². The molecule has 1 aromatic rings. The van der Waals surface area contributed by atoms with Gasteiger partial charge < -0.3 is 15.4 Å². The van der Waals surface area contributed by atoms with E-state index < -0.39 is 16.1 Å². The Bertz CT molecular complexity index is 691. The second kappa shape index (κ2) is 7.09. The van der Waals surface area contributed by atoms with Crippen molar-refractivity contribution in [1.82, 2.24) is 5.32 Å². The van der Waals surface area contributed by atoms with Gasteiger partial charge in [-0.15, -0.1) is 0 Å². The van der Waals surface area contributed by atoms with Crippen LogP contribution >= 0.6 is 11.8 Å². The van der Waals surface area contributed by atoms with Crippen molar-refractivity contribution in [2.24, 2.45) is 4.99 Å². The molecule has 0 bridgehead atoms. The highest BCUT2D eigenvalue weighted by atomic mass is 32.2. The molecule has 2 amide bonds. The molecule has 0 aromatic heterocycles. The van der Waals surface area contributed by atoms with Gasteiger partial charge in [-0.05, 0) is 6.07 Å². The first-order valence-corrected chi connectivity index (χ1v) is 7.39. The van der Waals surface area contributed by atoms with Crippen LogP contribution in [0.15, 0.2) is 23.2 Å². The average molecular weight is 338 g/mol. The topological polar surface area (TPSA) is 123 Å². The summed E-state index contributed by atoms with van der Waals surface area (Å²) in [5.41, 5.74) is 0.00831. The normalized spacial score (nSPS) is 18.6. The fourth-order valence-electron chi connectivity index (χ4n) is 1.92. The SMILES string of the molecule is CN=C1NC(=O)[C@@H](CC(=O)Nc2cc([N+](=O)[O-])ccc2OC)S1. The van der Waals surface area contributed by atoms with Crippen LogP contribution in [0.1, 0.15) is 6.42 Å². The van der Waals surface area contributed by atoms with Crippen molar-refractivity contribution < 1.29 is 19.2 Å². The summed E-state index contributed by atoms with van der Waals surface area (Å²) >= 11 is 1.16. The molecule has 0 saturated carbocycles. The molecule has 0 unspecified atom stereocenters. The van der Waals surface area contributed by atoms with Crippen LogP contribution in [-0.2, 0) is 9.59 Å². The summed E-state index contributed by atoms with van der Waals surface area (Å²) < 4.78 is 5.07. The number of anilines is 1. The highest BCUT2D eigenvalue weighted by molar-refractivity contribution is 8.15. The summed E-state index contributed by atoms with van der Waals surface area (Å²) in [6, 6.07) is 3.88. The van der Waals surface area contributed by atoms with Gasteiger partial charge in [0.15, 0.2) is 5.17 Å². The maximum atomic E-state index is 12.1. The molecule has 9 nitrogen and oxygen atoms in total. The van der Waals surface area contributed by atoms with Crippen molar-refractivity contribution in [2.75, 3.05) is 19.5 Å². The van der Waals surface area contributed by atoms with Gasteiger partial charge in [0.2, 0.25) is 11.8 Å². The third-order valence-electron chi connectivity index (χ3n) is 3.02. The van der Waals surface area contributed by atoms with Gasteiger partial charge in [-0.3, -0.25) is 24.7 Å². The summed E-state index contributed by atoms with van der Waals surface area (Å²) in [6.45, 7) is 0. The number of carbonyl (C=O) groups excluding carboxylic acids is 2. The number of ether oxygens (including phenoxy) is 1. The first-order chi connectivity index (χ1) is 10.9. The Balaban J connectivity index is 2.09. The van der Waals surface area contributed by atoms with Crippen molar-refractivity contribution in [3.8, 4) is 5.75 Å². The van der Waals surface area contributed by atoms with E-state index >= 15 is 0 Å². The van der Waals surface area contributed by atoms with E-state index in [-0.39, 0.29) is 23.7 Å². The Morgan fingerprint density at radius 1 is 1.57 bits per heavy atom. The molecule has 1 atom stereocenters. The third-order valence-corrected chi connectivity index (χ3v) is 4.19. The van der Waals surface area contributed by atoms with E-state index in [0.717, 1.165) is 11.8 Å². The molecule has 2 N–H and O–H groups in total.